The van der Waals surface area contributed by atoms with Crippen molar-refractivity contribution in [3.63, 3.8) is 0 Å². The van der Waals surface area contributed by atoms with Gasteiger partial charge in [-0.15, -0.1) is 0 Å². The molecule has 4 bridgehead atoms. The van der Waals surface area contributed by atoms with Gasteiger partial charge in [-0.25, -0.2) is 17.5 Å². The molecular formula is C18H21ClFNO4S. The topological polar surface area (TPSA) is 72.5 Å². The van der Waals surface area contributed by atoms with Crippen molar-refractivity contribution in [3.05, 3.63) is 34.1 Å². The minimum atomic E-state index is -3.78. The first kappa shape index (κ1) is 18.2. The second-order valence-electron chi connectivity index (χ2n) is 8.07. The Morgan fingerprint density at radius 3 is 2.54 bits per heavy atom. The first-order valence-electron chi connectivity index (χ1n) is 8.78. The summed E-state index contributed by atoms with van der Waals surface area (Å²) in [6, 6.07) is 2.32. The molecule has 1 N–H and O–H groups in total. The quantitative estimate of drug-likeness (QED) is 0.821. The van der Waals surface area contributed by atoms with Crippen molar-refractivity contribution in [2.45, 2.75) is 44.3 Å². The molecule has 26 heavy (non-hydrogen) atoms. The number of halogens is 2. The minimum Gasteiger partial charge on any atom is -0.370 e. The number of nitrogens with one attached hydrogen (secondary N) is 1. The van der Waals surface area contributed by atoms with Gasteiger partial charge in [0, 0.05) is 5.02 Å². The van der Waals surface area contributed by atoms with Crippen molar-refractivity contribution >= 4 is 27.5 Å². The number of carbonyl (C=O) groups is 1. The van der Waals surface area contributed by atoms with Gasteiger partial charge in [-0.3, -0.25) is 4.79 Å². The molecule has 0 spiro atoms. The van der Waals surface area contributed by atoms with Crippen molar-refractivity contribution in [3.8, 4) is 0 Å². The molecule has 1 aromatic rings. The molecule has 4 aliphatic carbocycles. The Hall–Kier alpha value is -1.18. The fourth-order valence-corrected chi connectivity index (χ4v) is 5.90. The Morgan fingerprint density at radius 2 is 1.96 bits per heavy atom. The molecule has 1 amide bonds. The largest absolute Gasteiger partial charge is 0.370 e. The number of carbonyl (C=O) groups excluding carboxylic acids is 1. The lowest BCUT2D eigenvalue weighted by Gasteiger charge is -2.38. The van der Waals surface area contributed by atoms with Gasteiger partial charge in [-0.2, -0.15) is 0 Å². The van der Waals surface area contributed by atoms with Crippen LogP contribution >= 0.6 is 11.6 Å². The number of hydrogen-bond acceptors (Lipinski definition) is 4. The SMILES string of the molecule is CS(=O)(=O)NC(=O)c1cc(Cl)c(COC23CC4CC(C2)C(C4)C3)cc1F. The highest BCUT2D eigenvalue weighted by atomic mass is 35.5. The zero-order chi connectivity index (χ0) is 18.7. The van der Waals surface area contributed by atoms with E-state index < -0.39 is 27.3 Å². The van der Waals surface area contributed by atoms with Gasteiger partial charge in [0.05, 0.1) is 24.0 Å². The number of amides is 1. The van der Waals surface area contributed by atoms with Crippen LogP contribution in [-0.2, 0) is 21.4 Å². The van der Waals surface area contributed by atoms with Crippen molar-refractivity contribution in [1.29, 1.82) is 0 Å². The summed E-state index contributed by atoms with van der Waals surface area (Å²) in [5.74, 6) is 0.430. The van der Waals surface area contributed by atoms with Crippen molar-refractivity contribution in [2.75, 3.05) is 6.26 Å². The maximum absolute atomic E-state index is 14.3. The maximum atomic E-state index is 14.3. The highest BCUT2D eigenvalue weighted by Crippen LogP contribution is 2.61. The maximum Gasteiger partial charge on any atom is 0.267 e. The molecule has 2 unspecified atom stereocenters. The second-order valence-corrected chi connectivity index (χ2v) is 10.2. The van der Waals surface area contributed by atoms with Crippen molar-refractivity contribution in [2.24, 2.45) is 17.8 Å². The molecule has 5 rings (SSSR count). The molecular weight excluding hydrogens is 381 g/mol. The molecule has 0 aliphatic heterocycles. The molecule has 0 aromatic heterocycles. The van der Waals surface area contributed by atoms with Crippen LogP contribution in [0.5, 0.6) is 0 Å². The summed E-state index contributed by atoms with van der Waals surface area (Å²) in [6.45, 7) is 0.190. The zero-order valence-corrected chi connectivity index (χ0v) is 16.0. The van der Waals surface area contributed by atoms with Crippen LogP contribution in [0.4, 0.5) is 4.39 Å². The Morgan fingerprint density at radius 1 is 1.31 bits per heavy atom. The molecule has 0 radical (unpaired) electrons. The van der Waals surface area contributed by atoms with Crippen LogP contribution in [0.15, 0.2) is 12.1 Å². The Balaban J connectivity index is 1.48. The van der Waals surface area contributed by atoms with E-state index in [0.29, 0.717) is 5.56 Å². The molecule has 4 aliphatic rings. The third-order valence-corrected chi connectivity index (χ3v) is 6.97. The predicted molar refractivity (Wildman–Crippen MR) is 94.8 cm³/mol. The van der Waals surface area contributed by atoms with Crippen LogP contribution in [0.2, 0.25) is 5.02 Å². The highest BCUT2D eigenvalue weighted by molar-refractivity contribution is 7.89. The second kappa shape index (κ2) is 6.17. The fourth-order valence-electron chi connectivity index (χ4n) is 5.24. The zero-order valence-electron chi connectivity index (χ0n) is 14.4. The van der Waals surface area contributed by atoms with Crippen LogP contribution in [0.25, 0.3) is 0 Å². The van der Waals surface area contributed by atoms with Crippen molar-refractivity contribution < 1.29 is 22.3 Å². The van der Waals surface area contributed by atoms with E-state index in [0.717, 1.165) is 55.4 Å². The van der Waals surface area contributed by atoms with E-state index in [1.165, 1.54) is 12.8 Å². The fraction of sp³-hybridized carbons (Fsp3) is 0.611. The summed E-state index contributed by atoms with van der Waals surface area (Å²) in [4.78, 5) is 11.9. The van der Waals surface area contributed by atoms with Gasteiger partial charge in [0.25, 0.3) is 5.91 Å². The molecule has 4 saturated carbocycles. The minimum absolute atomic E-state index is 0.108. The molecule has 1 aromatic carbocycles. The van der Waals surface area contributed by atoms with Crippen LogP contribution < -0.4 is 4.72 Å². The van der Waals surface area contributed by atoms with E-state index in [1.54, 1.807) is 4.72 Å². The summed E-state index contributed by atoms with van der Waals surface area (Å²) >= 11 is 6.19. The van der Waals surface area contributed by atoms with Gasteiger partial charge in [-0.05, 0) is 67.6 Å². The normalized spacial score (nSPS) is 32.2. The average molecular weight is 402 g/mol. The number of hydrogen-bond donors (Lipinski definition) is 1. The van der Waals surface area contributed by atoms with E-state index in [4.69, 9.17) is 16.3 Å². The summed E-state index contributed by atoms with van der Waals surface area (Å²) in [5.41, 5.74) is -0.0397. The molecule has 5 nitrogen and oxygen atoms in total. The van der Waals surface area contributed by atoms with Gasteiger partial charge >= 0.3 is 0 Å². The van der Waals surface area contributed by atoms with E-state index in [9.17, 15) is 17.6 Å². The van der Waals surface area contributed by atoms with E-state index in [2.05, 4.69) is 0 Å². The molecule has 4 fully saturated rings. The van der Waals surface area contributed by atoms with Crippen LogP contribution in [0, 0.1) is 23.6 Å². The Kier molecular flexibility index (Phi) is 4.32. The third kappa shape index (κ3) is 3.37. The van der Waals surface area contributed by atoms with Crippen molar-refractivity contribution in [1.82, 2.24) is 4.72 Å². The summed E-state index contributed by atoms with van der Waals surface area (Å²) in [6.07, 6.45) is 6.67. The number of sulfonamides is 1. The Bertz CT molecular complexity index is 853. The monoisotopic (exact) mass is 401 g/mol. The predicted octanol–water partition coefficient (Wildman–Crippen LogP) is 3.26. The summed E-state index contributed by atoms with van der Waals surface area (Å²) < 4.78 is 44.6. The number of ether oxygens (including phenoxy) is 1. The molecule has 2 atom stereocenters. The Labute approximate surface area is 157 Å². The lowest BCUT2D eigenvalue weighted by atomic mass is 9.78. The van der Waals surface area contributed by atoms with E-state index >= 15 is 0 Å². The molecule has 0 saturated heterocycles. The van der Waals surface area contributed by atoms with E-state index in [-0.39, 0.29) is 17.2 Å². The standard InChI is InChI=1S/C18H21ClFNO4S/c1-26(23,24)21-17(22)14-5-15(19)13(4-16(14)20)9-25-18-6-10-2-11(7-18)12(3-10)8-18/h4-5,10-12H,2-3,6-9H2,1H3,(H,21,22). The van der Waals surface area contributed by atoms with Crippen LogP contribution in [0.1, 0.15) is 48.0 Å². The van der Waals surface area contributed by atoms with E-state index in [1.807, 2.05) is 0 Å². The number of rotatable bonds is 5. The first-order chi connectivity index (χ1) is 12.1. The first-order valence-corrected chi connectivity index (χ1v) is 11.0. The van der Waals surface area contributed by atoms with Gasteiger partial charge in [0.1, 0.15) is 5.82 Å². The summed E-state index contributed by atoms with van der Waals surface area (Å²) in [5, 5.41) is 0.192. The molecule has 0 heterocycles. The van der Waals surface area contributed by atoms with Crippen LogP contribution in [0.3, 0.4) is 0 Å². The molecule has 142 valence electrons. The van der Waals surface area contributed by atoms with Gasteiger partial charge in [-0.1, -0.05) is 11.6 Å². The number of benzene rings is 1. The third-order valence-electron chi connectivity index (χ3n) is 6.06. The van der Waals surface area contributed by atoms with Gasteiger partial charge in [0.2, 0.25) is 10.0 Å². The smallest absolute Gasteiger partial charge is 0.267 e. The summed E-state index contributed by atoms with van der Waals surface area (Å²) in [7, 11) is -3.78. The highest BCUT2D eigenvalue weighted by Gasteiger charge is 2.56. The van der Waals surface area contributed by atoms with Gasteiger partial charge in [0.15, 0.2) is 0 Å². The lowest BCUT2D eigenvalue weighted by molar-refractivity contribution is -0.0891. The van der Waals surface area contributed by atoms with Crippen LogP contribution in [-0.4, -0.2) is 26.2 Å². The van der Waals surface area contributed by atoms with Gasteiger partial charge < -0.3 is 4.74 Å². The molecule has 8 heteroatoms. The lowest BCUT2D eigenvalue weighted by Crippen LogP contribution is -2.36. The average Bonchev–Trinajstić information content (AvgIpc) is 2.93.